The van der Waals surface area contributed by atoms with Crippen LogP contribution in [-0.4, -0.2) is 21.7 Å². The number of carboxylic acid groups (broad SMARTS) is 1. The molecule has 5 nitrogen and oxygen atoms in total. The van der Waals surface area contributed by atoms with Crippen molar-refractivity contribution in [2.45, 2.75) is 39.8 Å². The smallest absolute Gasteiger partial charge is 0.320 e. The zero-order chi connectivity index (χ0) is 14.6. The molecular formula is C14H21N3O2. The number of aromatic nitrogens is 1. The number of hydrogen-bond donors (Lipinski definition) is 2. The average molecular weight is 263 g/mol. The van der Waals surface area contributed by atoms with Crippen LogP contribution in [-0.2, 0) is 18.4 Å². The van der Waals surface area contributed by atoms with Gasteiger partial charge < -0.3 is 15.0 Å². The van der Waals surface area contributed by atoms with E-state index < -0.39 is 12.0 Å². The number of nitriles is 1. The molecule has 0 fully saturated rings. The third kappa shape index (κ3) is 3.83. The molecule has 1 aromatic heterocycles. The van der Waals surface area contributed by atoms with Gasteiger partial charge in [0.25, 0.3) is 0 Å². The lowest BCUT2D eigenvalue weighted by molar-refractivity contribution is -0.140. The van der Waals surface area contributed by atoms with E-state index in [0.717, 1.165) is 11.3 Å². The van der Waals surface area contributed by atoms with Gasteiger partial charge in [0.15, 0.2) is 0 Å². The fourth-order valence-corrected chi connectivity index (χ4v) is 2.02. The second-order valence-corrected chi connectivity index (χ2v) is 5.21. The van der Waals surface area contributed by atoms with E-state index in [4.69, 9.17) is 10.4 Å². The maximum absolute atomic E-state index is 11.1. The molecule has 5 heteroatoms. The van der Waals surface area contributed by atoms with Crippen molar-refractivity contribution < 1.29 is 9.90 Å². The van der Waals surface area contributed by atoms with Gasteiger partial charge in [-0.2, -0.15) is 5.26 Å². The van der Waals surface area contributed by atoms with Gasteiger partial charge in [0.2, 0.25) is 0 Å². The minimum atomic E-state index is -0.831. The summed E-state index contributed by atoms with van der Waals surface area (Å²) in [5, 5.41) is 21.2. The van der Waals surface area contributed by atoms with Crippen molar-refractivity contribution in [3.63, 3.8) is 0 Å². The predicted molar refractivity (Wildman–Crippen MR) is 72.6 cm³/mol. The van der Waals surface area contributed by atoms with Crippen LogP contribution in [0.2, 0.25) is 0 Å². The quantitative estimate of drug-likeness (QED) is 0.820. The van der Waals surface area contributed by atoms with Crippen LogP contribution in [0.3, 0.4) is 0 Å². The van der Waals surface area contributed by atoms with E-state index in [-0.39, 0.29) is 0 Å². The van der Waals surface area contributed by atoms with Gasteiger partial charge in [0.1, 0.15) is 17.8 Å². The highest BCUT2D eigenvalue weighted by molar-refractivity contribution is 5.73. The lowest BCUT2D eigenvalue weighted by Gasteiger charge is -2.16. The summed E-state index contributed by atoms with van der Waals surface area (Å²) in [6.45, 7) is 6.39. The van der Waals surface area contributed by atoms with Crippen LogP contribution in [0.15, 0.2) is 6.07 Å². The fraction of sp³-hybridized carbons (Fsp3) is 0.571. The zero-order valence-corrected chi connectivity index (χ0v) is 11.9. The van der Waals surface area contributed by atoms with Crippen molar-refractivity contribution in [1.82, 2.24) is 9.88 Å². The Bertz CT molecular complexity index is 498. The third-order valence-electron chi connectivity index (χ3n) is 3.30. The van der Waals surface area contributed by atoms with E-state index in [9.17, 15) is 4.79 Å². The van der Waals surface area contributed by atoms with Gasteiger partial charge >= 0.3 is 5.97 Å². The summed E-state index contributed by atoms with van der Waals surface area (Å²) >= 11 is 0. The first-order valence-electron chi connectivity index (χ1n) is 6.38. The molecule has 1 atom stereocenters. The minimum absolute atomic E-state index is 0.320. The zero-order valence-electron chi connectivity index (χ0n) is 11.9. The molecule has 1 rings (SSSR count). The van der Waals surface area contributed by atoms with Crippen LogP contribution in [0.1, 0.15) is 37.2 Å². The Balaban J connectivity index is 2.75. The molecule has 0 aliphatic carbocycles. The highest BCUT2D eigenvalue weighted by Gasteiger charge is 2.19. The summed E-state index contributed by atoms with van der Waals surface area (Å²) in [7, 11) is 1.83. The van der Waals surface area contributed by atoms with Crippen molar-refractivity contribution in [1.29, 1.82) is 5.26 Å². The molecule has 1 unspecified atom stereocenters. The fourth-order valence-electron chi connectivity index (χ4n) is 2.02. The standard InChI is InChI=1S/C14H21N3O2/c1-9(2)5-13(14(18)19)16-8-11-6-12(7-15)17(4)10(11)3/h6,9,13,16H,5,8H2,1-4H3,(H,18,19). The number of nitrogens with one attached hydrogen (secondary N) is 1. The summed E-state index contributed by atoms with van der Waals surface area (Å²) in [5.41, 5.74) is 2.54. The molecule has 1 aromatic rings. The first-order valence-corrected chi connectivity index (χ1v) is 6.38. The molecule has 0 aliphatic rings. The van der Waals surface area contributed by atoms with Crippen molar-refractivity contribution in [3.8, 4) is 6.07 Å². The average Bonchev–Trinajstić information content (AvgIpc) is 2.61. The Morgan fingerprint density at radius 3 is 2.63 bits per heavy atom. The predicted octanol–water partition coefficient (Wildman–Crippen LogP) is 1.79. The minimum Gasteiger partial charge on any atom is -0.480 e. The van der Waals surface area contributed by atoms with E-state index in [0.29, 0.717) is 24.6 Å². The van der Waals surface area contributed by atoms with Crippen molar-refractivity contribution in [2.75, 3.05) is 0 Å². The second kappa shape index (κ2) is 6.39. The van der Waals surface area contributed by atoms with E-state index in [1.807, 2.05) is 32.4 Å². The molecule has 0 aromatic carbocycles. The van der Waals surface area contributed by atoms with Crippen LogP contribution in [0.5, 0.6) is 0 Å². The molecule has 0 bridgehead atoms. The molecule has 2 N–H and O–H groups in total. The maximum Gasteiger partial charge on any atom is 0.320 e. The van der Waals surface area contributed by atoms with E-state index in [1.54, 1.807) is 6.07 Å². The molecule has 19 heavy (non-hydrogen) atoms. The van der Waals surface area contributed by atoms with Crippen molar-refractivity contribution in [3.05, 3.63) is 23.0 Å². The molecule has 1 heterocycles. The summed E-state index contributed by atoms with van der Waals surface area (Å²) < 4.78 is 1.81. The number of nitrogens with zero attached hydrogens (tertiary/aromatic N) is 2. The van der Waals surface area contributed by atoms with Gasteiger partial charge in [0.05, 0.1) is 0 Å². The molecule has 0 saturated carbocycles. The summed E-state index contributed by atoms with van der Waals surface area (Å²) in [5.74, 6) is -0.511. The van der Waals surface area contributed by atoms with Crippen LogP contribution < -0.4 is 5.32 Å². The van der Waals surface area contributed by atoms with Crippen LogP contribution in [0.25, 0.3) is 0 Å². The second-order valence-electron chi connectivity index (χ2n) is 5.21. The first kappa shape index (κ1) is 15.3. The number of aliphatic carboxylic acids is 1. The Morgan fingerprint density at radius 2 is 2.21 bits per heavy atom. The monoisotopic (exact) mass is 263 g/mol. The van der Waals surface area contributed by atoms with Gasteiger partial charge in [-0.3, -0.25) is 4.79 Å². The van der Waals surface area contributed by atoms with Crippen LogP contribution in [0, 0.1) is 24.2 Å². The topological polar surface area (TPSA) is 78.1 Å². The molecule has 0 amide bonds. The maximum atomic E-state index is 11.1. The van der Waals surface area contributed by atoms with E-state index in [1.165, 1.54) is 0 Å². The summed E-state index contributed by atoms with van der Waals surface area (Å²) in [4.78, 5) is 11.1. The third-order valence-corrected chi connectivity index (χ3v) is 3.30. The lowest BCUT2D eigenvalue weighted by Crippen LogP contribution is -2.37. The highest BCUT2D eigenvalue weighted by Crippen LogP contribution is 2.14. The SMILES string of the molecule is Cc1c(CNC(CC(C)C)C(=O)O)cc(C#N)n1C. The highest BCUT2D eigenvalue weighted by atomic mass is 16.4. The molecule has 0 spiro atoms. The van der Waals surface area contributed by atoms with Gasteiger partial charge in [-0.25, -0.2) is 0 Å². The first-order chi connectivity index (χ1) is 8.86. The number of carboxylic acids is 1. The van der Waals surface area contributed by atoms with E-state index >= 15 is 0 Å². The van der Waals surface area contributed by atoms with Gasteiger partial charge in [0, 0.05) is 19.3 Å². The van der Waals surface area contributed by atoms with Gasteiger partial charge in [-0.05, 0) is 30.9 Å². The largest absolute Gasteiger partial charge is 0.480 e. The lowest BCUT2D eigenvalue weighted by atomic mass is 10.0. The van der Waals surface area contributed by atoms with Crippen molar-refractivity contribution in [2.24, 2.45) is 13.0 Å². The van der Waals surface area contributed by atoms with Gasteiger partial charge in [-0.1, -0.05) is 13.8 Å². The molecule has 104 valence electrons. The number of rotatable bonds is 6. The van der Waals surface area contributed by atoms with Crippen LogP contribution in [0.4, 0.5) is 0 Å². The Labute approximate surface area is 113 Å². The Hall–Kier alpha value is -1.80. The van der Waals surface area contributed by atoms with Crippen LogP contribution >= 0.6 is 0 Å². The molecule has 0 aliphatic heterocycles. The summed E-state index contributed by atoms with van der Waals surface area (Å²) in [6, 6.07) is 3.37. The van der Waals surface area contributed by atoms with E-state index in [2.05, 4.69) is 11.4 Å². The number of hydrogen-bond acceptors (Lipinski definition) is 3. The van der Waals surface area contributed by atoms with Crippen molar-refractivity contribution >= 4 is 5.97 Å². The molecular weight excluding hydrogens is 242 g/mol. The molecule has 0 radical (unpaired) electrons. The Kier molecular flexibility index (Phi) is 5.13. The Morgan fingerprint density at radius 1 is 1.58 bits per heavy atom. The summed E-state index contributed by atoms with van der Waals surface area (Å²) in [6.07, 6.45) is 0.590. The van der Waals surface area contributed by atoms with Gasteiger partial charge in [-0.15, -0.1) is 0 Å². The molecule has 0 saturated heterocycles. The number of carbonyl (C=O) groups is 1. The normalized spacial score (nSPS) is 12.4.